The minimum Gasteiger partial charge on any atom is -0.244 e. The molecule has 120 valence electrons. The van der Waals surface area contributed by atoms with Crippen molar-refractivity contribution in [1.82, 2.24) is 15.0 Å². The maximum absolute atomic E-state index is 13.0. The Morgan fingerprint density at radius 2 is 1.91 bits per heavy atom. The van der Waals surface area contributed by atoms with Crippen LogP contribution >= 0.6 is 0 Å². The van der Waals surface area contributed by atoms with E-state index in [4.69, 9.17) is 0 Å². The van der Waals surface area contributed by atoms with E-state index in [0.717, 1.165) is 30.0 Å². The molecule has 2 aromatic rings. The zero-order valence-electron chi connectivity index (χ0n) is 13.2. The van der Waals surface area contributed by atoms with Crippen LogP contribution in [0.1, 0.15) is 55.5 Å². The van der Waals surface area contributed by atoms with Gasteiger partial charge in [0.05, 0.1) is 12.2 Å². The van der Waals surface area contributed by atoms with Crippen molar-refractivity contribution in [3.63, 3.8) is 0 Å². The molecular formula is C18H21FN4. The molecule has 0 saturated heterocycles. The highest BCUT2D eigenvalue weighted by Gasteiger charge is 2.17. The number of nitrogens with zero attached hydrogens (tertiary/aromatic N) is 4. The Morgan fingerprint density at radius 1 is 1.17 bits per heavy atom. The van der Waals surface area contributed by atoms with E-state index >= 15 is 0 Å². The fourth-order valence-electron chi connectivity index (χ4n) is 3.37. The van der Waals surface area contributed by atoms with Crippen molar-refractivity contribution in [3.05, 3.63) is 47.0 Å². The van der Waals surface area contributed by atoms with Gasteiger partial charge in [-0.15, -0.1) is 5.10 Å². The molecule has 4 nitrogen and oxygen atoms in total. The van der Waals surface area contributed by atoms with Gasteiger partial charge >= 0.3 is 0 Å². The van der Waals surface area contributed by atoms with Crippen LogP contribution in [-0.2, 0) is 13.0 Å². The van der Waals surface area contributed by atoms with Crippen LogP contribution in [0.25, 0.3) is 0 Å². The minimum absolute atomic E-state index is 0.248. The second-order valence-electron chi connectivity index (χ2n) is 6.32. The van der Waals surface area contributed by atoms with Gasteiger partial charge < -0.3 is 0 Å². The van der Waals surface area contributed by atoms with Gasteiger partial charge in [-0.3, -0.25) is 0 Å². The van der Waals surface area contributed by atoms with Gasteiger partial charge in [-0.25, -0.2) is 9.07 Å². The van der Waals surface area contributed by atoms with Crippen LogP contribution in [-0.4, -0.2) is 15.0 Å². The lowest BCUT2D eigenvalue weighted by atomic mass is 9.85. The first-order chi connectivity index (χ1) is 11.3. The average Bonchev–Trinajstić information content (AvgIpc) is 2.98. The number of hydrogen-bond donors (Lipinski definition) is 0. The third-order valence-corrected chi connectivity index (χ3v) is 4.70. The summed E-state index contributed by atoms with van der Waals surface area (Å²) >= 11 is 0. The fraction of sp³-hybridized carbons (Fsp3) is 0.500. The lowest BCUT2D eigenvalue weighted by molar-refractivity contribution is 0.336. The largest absolute Gasteiger partial charge is 0.244 e. The van der Waals surface area contributed by atoms with Crippen molar-refractivity contribution < 1.29 is 4.39 Å². The van der Waals surface area contributed by atoms with Crippen LogP contribution in [0.15, 0.2) is 24.3 Å². The Bertz CT molecular complexity index is 678. The summed E-state index contributed by atoms with van der Waals surface area (Å²) in [4.78, 5) is 0. The zero-order chi connectivity index (χ0) is 16.1. The predicted molar refractivity (Wildman–Crippen MR) is 85.1 cm³/mol. The monoisotopic (exact) mass is 312 g/mol. The van der Waals surface area contributed by atoms with Gasteiger partial charge in [0.1, 0.15) is 11.9 Å². The standard InChI is InChI=1S/C18H21FN4/c19-16-9-6-15(7-10-16)13-23-18(17(12-20)21-22-23)11-8-14-4-2-1-3-5-14/h6-7,9-10,14H,1-5,8,11,13H2. The maximum atomic E-state index is 13.0. The Labute approximate surface area is 135 Å². The van der Waals surface area contributed by atoms with E-state index in [9.17, 15) is 9.65 Å². The number of benzene rings is 1. The second kappa shape index (κ2) is 7.36. The fourth-order valence-corrected chi connectivity index (χ4v) is 3.37. The van der Waals surface area contributed by atoms with E-state index in [-0.39, 0.29) is 5.82 Å². The Morgan fingerprint density at radius 3 is 2.61 bits per heavy atom. The van der Waals surface area contributed by atoms with Gasteiger partial charge in [-0.1, -0.05) is 49.5 Å². The molecule has 0 bridgehead atoms. The summed E-state index contributed by atoms with van der Waals surface area (Å²) in [5.74, 6) is 0.507. The SMILES string of the molecule is N#Cc1nnn(Cc2ccc(F)cc2)c1CCC1CCCCC1. The van der Waals surface area contributed by atoms with Crippen molar-refractivity contribution in [2.45, 2.75) is 51.5 Å². The van der Waals surface area contributed by atoms with E-state index in [2.05, 4.69) is 16.4 Å². The molecule has 1 heterocycles. The lowest BCUT2D eigenvalue weighted by Gasteiger charge is -2.21. The molecule has 3 rings (SSSR count). The first-order valence-corrected chi connectivity index (χ1v) is 8.33. The van der Waals surface area contributed by atoms with Crippen LogP contribution in [0.4, 0.5) is 4.39 Å². The lowest BCUT2D eigenvalue weighted by Crippen LogP contribution is -2.11. The molecule has 0 aliphatic heterocycles. The highest BCUT2D eigenvalue weighted by Crippen LogP contribution is 2.27. The summed E-state index contributed by atoms with van der Waals surface area (Å²) in [5.41, 5.74) is 2.28. The summed E-state index contributed by atoms with van der Waals surface area (Å²) in [5, 5.41) is 17.4. The van der Waals surface area contributed by atoms with Crippen LogP contribution < -0.4 is 0 Å². The minimum atomic E-state index is -0.248. The normalized spacial score (nSPS) is 15.5. The van der Waals surface area contributed by atoms with Crippen molar-refractivity contribution in [2.75, 3.05) is 0 Å². The van der Waals surface area contributed by atoms with Crippen LogP contribution in [0.5, 0.6) is 0 Å². The first kappa shape index (κ1) is 15.7. The summed E-state index contributed by atoms with van der Waals surface area (Å²) in [6.45, 7) is 0.523. The molecule has 0 unspecified atom stereocenters. The van der Waals surface area contributed by atoms with Crippen molar-refractivity contribution in [3.8, 4) is 6.07 Å². The van der Waals surface area contributed by atoms with Gasteiger partial charge in [0.15, 0.2) is 5.69 Å². The molecule has 0 atom stereocenters. The molecule has 1 fully saturated rings. The van der Waals surface area contributed by atoms with Crippen LogP contribution in [0.3, 0.4) is 0 Å². The average molecular weight is 312 g/mol. The van der Waals surface area contributed by atoms with E-state index in [1.807, 2.05) is 0 Å². The van der Waals surface area contributed by atoms with Gasteiger partial charge in [0.25, 0.3) is 0 Å². The summed E-state index contributed by atoms with van der Waals surface area (Å²) in [6, 6.07) is 8.52. The summed E-state index contributed by atoms with van der Waals surface area (Å²) < 4.78 is 14.8. The van der Waals surface area contributed by atoms with Gasteiger partial charge in [0.2, 0.25) is 0 Å². The smallest absolute Gasteiger partial charge is 0.185 e. The quantitative estimate of drug-likeness (QED) is 0.842. The van der Waals surface area contributed by atoms with Crippen molar-refractivity contribution >= 4 is 0 Å². The molecule has 1 aromatic heterocycles. The second-order valence-corrected chi connectivity index (χ2v) is 6.32. The number of aromatic nitrogens is 3. The zero-order valence-corrected chi connectivity index (χ0v) is 13.2. The predicted octanol–water partition coefficient (Wildman–Crippen LogP) is 3.85. The van der Waals surface area contributed by atoms with E-state index in [1.165, 1.54) is 44.2 Å². The van der Waals surface area contributed by atoms with E-state index in [0.29, 0.717) is 12.2 Å². The number of hydrogen-bond acceptors (Lipinski definition) is 3. The molecule has 1 saturated carbocycles. The Hall–Kier alpha value is -2.22. The number of rotatable bonds is 5. The third kappa shape index (κ3) is 3.95. The third-order valence-electron chi connectivity index (χ3n) is 4.70. The molecular weight excluding hydrogens is 291 g/mol. The Balaban J connectivity index is 1.71. The highest BCUT2D eigenvalue weighted by atomic mass is 19.1. The summed E-state index contributed by atoms with van der Waals surface area (Å²) in [6.07, 6.45) is 8.51. The number of nitriles is 1. The molecule has 5 heteroatoms. The van der Waals surface area contributed by atoms with Gasteiger partial charge in [-0.2, -0.15) is 5.26 Å². The van der Waals surface area contributed by atoms with Crippen LogP contribution in [0.2, 0.25) is 0 Å². The number of halogens is 1. The Kier molecular flexibility index (Phi) is 5.02. The maximum Gasteiger partial charge on any atom is 0.185 e. The molecule has 1 aliphatic carbocycles. The molecule has 1 aromatic carbocycles. The van der Waals surface area contributed by atoms with Crippen LogP contribution in [0, 0.1) is 23.1 Å². The van der Waals surface area contributed by atoms with Crippen molar-refractivity contribution in [1.29, 1.82) is 5.26 Å². The molecule has 23 heavy (non-hydrogen) atoms. The molecule has 0 radical (unpaired) electrons. The molecule has 0 N–H and O–H groups in total. The van der Waals surface area contributed by atoms with Gasteiger partial charge in [-0.05, 0) is 36.5 Å². The topological polar surface area (TPSA) is 54.5 Å². The highest BCUT2D eigenvalue weighted by molar-refractivity contribution is 5.26. The van der Waals surface area contributed by atoms with E-state index in [1.54, 1.807) is 16.8 Å². The van der Waals surface area contributed by atoms with Gasteiger partial charge in [0, 0.05) is 0 Å². The van der Waals surface area contributed by atoms with Crippen molar-refractivity contribution in [2.24, 2.45) is 5.92 Å². The molecule has 1 aliphatic rings. The van der Waals surface area contributed by atoms with E-state index < -0.39 is 0 Å². The summed E-state index contributed by atoms with van der Waals surface area (Å²) in [7, 11) is 0. The first-order valence-electron chi connectivity index (χ1n) is 8.33. The molecule has 0 spiro atoms. The molecule has 0 amide bonds.